The molecule has 2 aromatic carbocycles. The van der Waals surface area contributed by atoms with Crippen LogP contribution >= 0.6 is 0 Å². The Morgan fingerprint density at radius 1 is 1.00 bits per heavy atom. The van der Waals surface area contributed by atoms with Crippen LogP contribution in [0.15, 0.2) is 61.1 Å². The predicted molar refractivity (Wildman–Crippen MR) is 103 cm³/mol. The number of rotatable bonds is 3. The van der Waals surface area contributed by atoms with E-state index in [2.05, 4.69) is 39.1 Å². The number of fused-ring (bicyclic) bond motifs is 2. The minimum absolute atomic E-state index is 0.642. The van der Waals surface area contributed by atoms with E-state index < -0.39 is 0 Å². The van der Waals surface area contributed by atoms with E-state index in [0.29, 0.717) is 5.88 Å². The van der Waals surface area contributed by atoms with Crippen LogP contribution < -0.4 is 4.74 Å². The van der Waals surface area contributed by atoms with Crippen LogP contribution in [-0.2, 0) is 13.0 Å². The highest BCUT2D eigenvalue weighted by atomic mass is 16.5. The number of hydrogen-bond donors (Lipinski definition) is 0. The molecule has 0 fully saturated rings. The molecular formula is C21H19N5O. The third-order valence-electron chi connectivity index (χ3n) is 4.93. The molecule has 27 heavy (non-hydrogen) atoms. The van der Waals surface area contributed by atoms with Crippen molar-refractivity contribution in [1.29, 1.82) is 0 Å². The predicted octanol–water partition coefficient (Wildman–Crippen LogP) is 3.60. The molecule has 6 nitrogen and oxygen atoms in total. The van der Waals surface area contributed by atoms with Gasteiger partial charge in [-0.25, -0.2) is 14.6 Å². The van der Waals surface area contributed by atoms with Gasteiger partial charge in [-0.1, -0.05) is 18.2 Å². The second-order valence-electron chi connectivity index (χ2n) is 6.80. The molecule has 0 saturated heterocycles. The maximum Gasteiger partial charge on any atom is 0.227 e. The average molecular weight is 357 g/mol. The van der Waals surface area contributed by atoms with Crippen LogP contribution in [0.5, 0.6) is 11.6 Å². The summed E-state index contributed by atoms with van der Waals surface area (Å²) in [4.78, 5) is 11.0. The van der Waals surface area contributed by atoms with Crippen molar-refractivity contribution in [1.82, 2.24) is 24.6 Å². The van der Waals surface area contributed by atoms with Gasteiger partial charge >= 0.3 is 0 Å². The van der Waals surface area contributed by atoms with E-state index in [0.717, 1.165) is 53.1 Å². The molecule has 0 radical (unpaired) electrons. The van der Waals surface area contributed by atoms with Crippen molar-refractivity contribution < 1.29 is 4.74 Å². The van der Waals surface area contributed by atoms with Gasteiger partial charge in [0.05, 0.1) is 28.7 Å². The first-order chi connectivity index (χ1) is 13.3. The molecular weight excluding hydrogens is 338 g/mol. The van der Waals surface area contributed by atoms with Gasteiger partial charge in [0, 0.05) is 24.9 Å². The Morgan fingerprint density at radius 2 is 1.85 bits per heavy atom. The van der Waals surface area contributed by atoms with Crippen LogP contribution in [0.4, 0.5) is 0 Å². The molecule has 4 aromatic rings. The minimum Gasteiger partial charge on any atom is -0.439 e. The normalized spacial score (nSPS) is 14.3. The molecule has 5 rings (SSSR count). The number of benzene rings is 2. The summed E-state index contributed by atoms with van der Waals surface area (Å²) in [7, 11) is 2.10. The van der Waals surface area contributed by atoms with E-state index in [-0.39, 0.29) is 0 Å². The standard InChI is InChI=1S/C21H19N5O/c1-25-11-10-19-18(13-25)21(23-14-22-19)27-17-8-6-16(7-9-17)26-20-5-3-2-4-15(20)12-24-26/h2-9,12,14H,10-11,13H2,1H3. The zero-order valence-electron chi connectivity index (χ0n) is 15.0. The van der Waals surface area contributed by atoms with Crippen LogP contribution in [0.25, 0.3) is 16.6 Å². The Bertz CT molecular complexity index is 1100. The fourth-order valence-electron chi connectivity index (χ4n) is 3.48. The summed E-state index contributed by atoms with van der Waals surface area (Å²) in [6.07, 6.45) is 4.39. The topological polar surface area (TPSA) is 56.1 Å². The van der Waals surface area contributed by atoms with Crippen molar-refractivity contribution in [2.75, 3.05) is 13.6 Å². The first kappa shape index (κ1) is 16.0. The highest BCUT2D eigenvalue weighted by Gasteiger charge is 2.20. The summed E-state index contributed by atoms with van der Waals surface area (Å²) in [5.41, 5.74) is 4.23. The highest BCUT2D eigenvalue weighted by molar-refractivity contribution is 5.80. The van der Waals surface area contributed by atoms with Gasteiger partial charge in [-0.15, -0.1) is 0 Å². The molecule has 134 valence electrons. The monoisotopic (exact) mass is 357 g/mol. The van der Waals surface area contributed by atoms with Gasteiger partial charge in [-0.05, 0) is 37.4 Å². The lowest BCUT2D eigenvalue weighted by Crippen LogP contribution is -2.27. The smallest absolute Gasteiger partial charge is 0.227 e. The van der Waals surface area contributed by atoms with Gasteiger partial charge in [0.25, 0.3) is 0 Å². The molecule has 0 aliphatic carbocycles. The molecule has 3 heterocycles. The fraction of sp³-hybridized carbons (Fsp3) is 0.190. The number of para-hydroxylation sites is 1. The second-order valence-corrected chi connectivity index (χ2v) is 6.80. The number of likely N-dealkylation sites (N-methyl/N-ethyl adjacent to an activating group) is 1. The maximum absolute atomic E-state index is 6.08. The van der Waals surface area contributed by atoms with Crippen molar-refractivity contribution in [2.45, 2.75) is 13.0 Å². The zero-order valence-corrected chi connectivity index (χ0v) is 15.0. The van der Waals surface area contributed by atoms with E-state index in [1.165, 1.54) is 0 Å². The Labute approximate surface area is 157 Å². The van der Waals surface area contributed by atoms with Gasteiger partial charge in [0.15, 0.2) is 0 Å². The molecule has 0 amide bonds. The van der Waals surface area contributed by atoms with Crippen molar-refractivity contribution in [3.05, 3.63) is 72.3 Å². The number of nitrogens with zero attached hydrogens (tertiary/aromatic N) is 5. The number of hydrogen-bond acceptors (Lipinski definition) is 5. The SMILES string of the molecule is CN1CCc2ncnc(Oc3ccc(-n4ncc5ccccc54)cc3)c2C1. The Kier molecular flexibility index (Phi) is 3.83. The molecule has 6 heteroatoms. The van der Waals surface area contributed by atoms with Crippen LogP contribution in [0.3, 0.4) is 0 Å². The Balaban J connectivity index is 1.44. The lowest BCUT2D eigenvalue weighted by Gasteiger charge is -2.25. The van der Waals surface area contributed by atoms with E-state index >= 15 is 0 Å². The van der Waals surface area contributed by atoms with Crippen LogP contribution in [0.2, 0.25) is 0 Å². The first-order valence-corrected chi connectivity index (χ1v) is 9.00. The third-order valence-corrected chi connectivity index (χ3v) is 4.93. The van der Waals surface area contributed by atoms with E-state index in [4.69, 9.17) is 4.74 Å². The van der Waals surface area contributed by atoms with Gasteiger partial charge < -0.3 is 9.64 Å². The Morgan fingerprint density at radius 3 is 2.74 bits per heavy atom. The number of ether oxygens (including phenoxy) is 1. The largest absolute Gasteiger partial charge is 0.439 e. The van der Waals surface area contributed by atoms with Gasteiger partial charge in [-0.3, -0.25) is 0 Å². The van der Waals surface area contributed by atoms with Crippen LogP contribution in [0, 0.1) is 0 Å². The maximum atomic E-state index is 6.08. The summed E-state index contributed by atoms with van der Waals surface area (Å²) >= 11 is 0. The second kappa shape index (κ2) is 6.48. The fourth-order valence-corrected chi connectivity index (χ4v) is 3.48. The summed E-state index contributed by atoms with van der Waals surface area (Å²) in [6.45, 7) is 1.82. The van der Waals surface area contributed by atoms with E-state index in [1.54, 1.807) is 6.33 Å². The van der Waals surface area contributed by atoms with Gasteiger partial charge in [0.2, 0.25) is 5.88 Å². The Hall–Kier alpha value is -3.25. The minimum atomic E-state index is 0.642. The highest BCUT2D eigenvalue weighted by Crippen LogP contribution is 2.29. The quantitative estimate of drug-likeness (QED) is 0.561. The molecule has 0 saturated carbocycles. The number of aromatic nitrogens is 4. The molecule has 0 bridgehead atoms. The summed E-state index contributed by atoms with van der Waals surface area (Å²) in [5, 5.41) is 5.61. The van der Waals surface area contributed by atoms with Crippen molar-refractivity contribution >= 4 is 10.9 Å². The molecule has 0 spiro atoms. The van der Waals surface area contributed by atoms with E-state index in [1.807, 2.05) is 47.3 Å². The van der Waals surface area contributed by atoms with Gasteiger partial charge in [0.1, 0.15) is 12.1 Å². The molecule has 0 N–H and O–H groups in total. The first-order valence-electron chi connectivity index (χ1n) is 9.00. The molecule has 1 aliphatic rings. The summed E-state index contributed by atoms with van der Waals surface area (Å²) in [6, 6.07) is 16.1. The molecule has 2 aromatic heterocycles. The third kappa shape index (κ3) is 2.94. The van der Waals surface area contributed by atoms with Gasteiger partial charge in [-0.2, -0.15) is 5.10 Å². The van der Waals surface area contributed by atoms with Crippen molar-refractivity contribution in [3.8, 4) is 17.3 Å². The summed E-state index contributed by atoms with van der Waals surface area (Å²) in [5.74, 6) is 1.40. The lowest BCUT2D eigenvalue weighted by molar-refractivity contribution is 0.300. The van der Waals surface area contributed by atoms with E-state index in [9.17, 15) is 0 Å². The van der Waals surface area contributed by atoms with Crippen molar-refractivity contribution in [2.24, 2.45) is 0 Å². The van der Waals surface area contributed by atoms with Crippen LogP contribution in [0.1, 0.15) is 11.3 Å². The molecule has 0 atom stereocenters. The lowest BCUT2D eigenvalue weighted by atomic mass is 10.1. The van der Waals surface area contributed by atoms with Crippen LogP contribution in [-0.4, -0.2) is 38.2 Å². The zero-order chi connectivity index (χ0) is 18.2. The molecule has 1 aliphatic heterocycles. The average Bonchev–Trinajstić information content (AvgIpc) is 3.13. The van der Waals surface area contributed by atoms with Crippen molar-refractivity contribution in [3.63, 3.8) is 0 Å². The summed E-state index contributed by atoms with van der Waals surface area (Å²) < 4.78 is 8.01. The molecule has 0 unspecified atom stereocenters.